The van der Waals surface area contributed by atoms with Gasteiger partial charge in [0.25, 0.3) is 0 Å². The minimum atomic E-state index is -1.02. The normalized spacial score (nSPS) is 10.7. The van der Waals surface area contributed by atoms with Crippen molar-refractivity contribution in [2.75, 3.05) is 12.4 Å². The first-order valence-corrected chi connectivity index (χ1v) is 7.03. The zero-order valence-corrected chi connectivity index (χ0v) is 13.1. The number of anilines is 2. The molecule has 0 unspecified atom stereocenters. The van der Waals surface area contributed by atoms with Crippen LogP contribution in [0.2, 0.25) is 5.02 Å². The molecule has 2 N–H and O–H groups in total. The van der Waals surface area contributed by atoms with Crippen molar-refractivity contribution in [3.05, 3.63) is 41.3 Å². The number of aromatic nitrogens is 3. The minimum absolute atomic E-state index is 0.149. The predicted octanol–water partition coefficient (Wildman–Crippen LogP) is 3.07. The molecular formula is C15H13ClN4O3. The van der Waals surface area contributed by atoms with Crippen LogP contribution >= 0.6 is 11.6 Å². The van der Waals surface area contributed by atoms with Crippen molar-refractivity contribution < 1.29 is 14.6 Å². The lowest BCUT2D eigenvalue weighted by molar-refractivity contribution is 0.0687. The fraction of sp³-hybridized carbons (Fsp3) is 0.133. The van der Waals surface area contributed by atoms with E-state index in [9.17, 15) is 9.90 Å². The van der Waals surface area contributed by atoms with Gasteiger partial charge < -0.3 is 19.7 Å². The first kappa shape index (κ1) is 15.1. The van der Waals surface area contributed by atoms with Gasteiger partial charge in [0, 0.05) is 24.2 Å². The molecule has 0 saturated heterocycles. The highest BCUT2D eigenvalue weighted by Gasteiger charge is 2.17. The maximum Gasteiger partial charge on any atom is 0.352 e. The number of carbonyl (C=O) groups is 1. The highest BCUT2D eigenvalue weighted by atomic mass is 35.5. The van der Waals surface area contributed by atoms with E-state index in [1.165, 1.54) is 13.4 Å². The molecule has 7 nitrogen and oxygen atoms in total. The number of halogens is 1. The summed E-state index contributed by atoms with van der Waals surface area (Å²) in [5.41, 5.74) is 1.47. The van der Waals surface area contributed by atoms with Crippen molar-refractivity contribution in [1.29, 1.82) is 0 Å². The Bertz CT molecular complexity index is 907. The van der Waals surface area contributed by atoms with Gasteiger partial charge in [-0.25, -0.2) is 14.8 Å². The van der Waals surface area contributed by atoms with Gasteiger partial charge in [-0.1, -0.05) is 11.6 Å². The third kappa shape index (κ3) is 2.66. The van der Waals surface area contributed by atoms with Gasteiger partial charge in [0.2, 0.25) is 5.88 Å². The molecule has 118 valence electrons. The second-order valence-corrected chi connectivity index (χ2v) is 5.23. The van der Waals surface area contributed by atoms with Crippen LogP contribution in [0, 0.1) is 0 Å². The van der Waals surface area contributed by atoms with E-state index in [-0.39, 0.29) is 5.69 Å². The van der Waals surface area contributed by atoms with Crippen molar-refractivity contribution >= 4 is 40.0 Å². The molecular weight excluding hydrogens is 320 g/mol. The minimum Gasteiger partial charge on any atom is -0.481 e. The maximum absolute atomic E-state index is 11.3. The molecule has 0 radical (unpaired) electrons. The Morgan fingerprint density at radius 3 is 2.83 bits per heavy atom. The van der Waals surface area contributed by atoms with Crippen LogP contribution in [0.5, 0.6) is 5.88 Å². The smallest absolute Gasteiger partial charge is 0.352 e. The number of ether oxygens (including phenoxy) is 1. The zero-order chi connectivity index (χ0) is 16.6. The Labute approximate surface area is 136 Å². The van der Waals surface area contributed by atoms with Crippen LogP contribution in [0.3, 0.4) is 0 Å². The van der Waals surface area contributed by atoms with Gasteiger partial charge in [-0.2, -0.15) is 0 Å². The van der Waals surface area contributed by atoms with Crippen molar-refractivity contribution in [3.63, 3.8) is 0 Å². The average molecular weight is 333 g/mol. The molecule has 3 aromatic rings. The number of rotatable bonds is 4. The zero-order valence-electron chi connectivity index (χ0n) is 12.4. The molecule has 0 saturated carbocycles. The molecule has 0 amide bonds. The summed E-state index contributed by atoms with van der Waals surface area (Å²) in [6, 6.07) is 6.69. The standard InChI is InChI=1S/C15H13ClN4O3/c1-20-11(15(21)22)5-8-10(4-3-9(16)14(8)20)19-12-6-13(23-2)18-7-17-12/h3-7H,1-2H3,(H,21,22)(H,17,18,19). The van der Waals surface area contributed by atoms with Gasteiger partial charge in [-0.05, 0) is 18.2 Å². The predicted molar refractivity (Wildman–Crippen MR) is 86.8 cm³/mol. The quantitative estimate of drug-likeness (QED) is 0.763. The van der Waals surface area contributed by atoms with Gasteiger partial charge in [-0.15, -0.1) is 0 Å². The molecule has 0 aliphatic heterocycles. The van der Waals surface area contributed by atoms with Crippen LogP contribution in [-0.2, 0) is 7.05 Å². The third-order valence-electron chi connectivity index (χ3n) is 3.48. The number of methoxy groups -OCH3 is 1. The van der Waals surface area contributed by atoms with Gasteiger partial charge in [0.15, 0.2) is 0 Å². The Morgan fingerprint density at radius 1 is 1.35 bits per heavy atom. The lowest BCUT2D eigenvalue weighted by Gasteiger charge is -2.09. The summed E-state index contributed by atoms with van der Waals surface area (Å²) in [6.07, 6.45) is 1.38. The van der Waals surface area contributed by atoms with Crippen LogP contribution in [0.1, 0.15) is 10.5 Å². The molecule has 0 aliphatic carbocycles. The fourth-order valence-corrected chi connectivity index (χ4v) is 2.69. The van der Waals surface area contributed by atoms with Gasteiger partial charge in [0.1, 0.15) is 17.8 Å². The number of nitrogens with zero attached hydrogens (tertiary/aromatic N) is 3. The monoisotopic (exact) mass is 332 g/mol. The molecule has 2 heterocycles. The molecule has 2 aromatic heterocycles. The Morgan fingerprint density at radius 2 is 2.13 bits per heavy atom. The highest BCUT2D eigenvalue weighted by Crippen LogP contribution is 2.33. The Balaban J connectivity index is 2.12. The number of carboxylic acid groups (broad SMARTS) is 1. The molecule has 8 heteroatoms. The van der Waals surface area contributed by atoms with Crippen LogP contribution in [0.15, 0.2) is 30.6 Å². The second-order valence-electron chi connectivity index (χ2n) is 4.82. The largest absolute Gasteiger partial charge is 0.481 e. The average Bonchev–Trinajstić information content (AvgIpc) is 2.89. The number of aryl methyl sites for hydroxylation is 1. The summed E-state index contributed by atoms with van der Waals surface area (Å²) >= 11 is 6.22. The van der Waals surface area contributed by atoms with E-state index < -0.39 is 5.97 Å². The van der Waals surface area contributed by atoms with Crippen molar-refractivity contribution in [1.82, 2.24) is 14.5 Å². The van der Waals surface area contributed by atoms with Crippen molar-refractivity contribution in [3.8, 4) is 5.88 Å². The summed E-state index contributed by atoms with van der Waals surface area (Å²) < 4.78 is 6.61. The van der Waals surface area contributed by atoms with Crippen LogP contribution in [-0.4, -0.2) is 32.7 Å². The van der Waals surface area contributed by atoms with Crippen LogP contribution in [0.25, 0.3) is 10.9 Å². The molecule has 0 spiro atoms. The summed E-state index contributed by atoms with van der Waals surface area (Å²) in [4.78, 5) is 19.4. The molecule has 0 bridgehead atoms. The molecule has 23 heavy (non-hydrogen) atoms. The third-order valence-corrected chi connectivity index (χ3v) is 3.78. The van der Waals surface area contributed by atoms with Gasteiger partial charge in [-0.3, -0.25) is 0 Å². The first-order chi connectivity index (χ1) is 11.0. The fourth-order valence-electron chi connectivity index (χ4n) is 2.39. The molecule has 0 atom stereocenters. The van der Waals surface area contributed by atoms with E-state index >= 15 is 0 Å². The SMILES string of the molecule is COc1cc(Nc2ccc(Cl)c3c2cc(C(=O)O)n3C)ncn1. The summed E-state index contributed by atoms with van der Waals surface area (Å²) in [5.74, 6) is -0.0670. The van der Waals surface area contributed by atoms with E-state index in [2.05, 4.69) is 15.3 Å². The van der Waals surface area contributed by atoms with E-state index in [0.717, 1.165) is 0 Å². The van der Waals surface area contributed by atoms with Gasteiger partial charge >= 0.3 is 5.97 Å². The van der Waals surface area contributed by atoms with Crippen molar-refractivity contribution in [2.45, 2.75) is 0 Å². The number of fused-ring (bicyclic) bond motifs is 1. The molecule has 1 aromatic carbocycles. The summed E-state index contributed by atoms with van der Waals surface area (Å²) in [7, 11) is 3.18. The maximum atomic E-state index is 11.3. The van der Waals surface area contributed by atoms with E-state index in [1.807, 2.05) is 0 Å². The number of nitrogens with one attached hydrogen (secondary N) is 1. The van der Waals surface area contributed by atoms with Crippen molar-refractivity contribution in [2.24, 2.45) is 7.05 Å². The van der Waals surface area contributed by atoms with E-state index in [4.69, 9.17) is 16.3 Å². The molecule has 0 fully saturated rings. The van der Waals surface area contributed by atoms with Gasteiger partial charge in [0.05, 0.1) is 17.6 Å². The van der Waals surface area contributed by atoms with Crippen LogP contribution in [0.4, 0.5) is 11.5 Å². The summed E-state index contributed by atoms with van der Waals surface area (Å²) in [5, 5.41) is 13.6. The number of hydrogen-bond acceptors (Lipinski definition) is 5. The Hall–Kier alpha value is -2.80. The Kier molecular flexibility index (Phi) is 3.79. The van der Waals surface area contributed by atoms with E-state index in [1.54, 1.807) is 35.9 Å². The highest BCUT2D eigenvalue weighted by molar-refractivity contribution is 6.36. The van der Waals surface area contributed by atoms with Crippen LogP contribution < -0.4 is 10.1 Å². The lowest BCUT2D eigenvalue weighted by atomic mass is 10.2. The number of hydrogen-bond donors (Lipinski definition) is 2. The first-order valence-electron chi connectivity index (χ1n) is 6.65. The number of aromatic carboxylic acids is 1. The lowest BCUT2D eigenvalue weighted by Crippen LogP contribution is -2.03. The number of benzene rings is 1. The topological polar surface area (TPSA) is 89.3 Å². The number of carboxylic acids is 1. The summed E-state index contributed by atoms with van der Waals surface area (Å²) in [6.45, 7) is 0. The molecule has 3 rings (SSSR count). The molecule has 0 aliphatic rings. The van der Waals surface area contributed by atoms with E-state index in [0.29, 0.717) is 33.3 Å². The second kappa shape index (κ2) is 5.77.